The van der Waals surface area contributed by atoms with E-state index in [1.54, 1.807) is 23.6 Å². The van der Waals surface area contributed by atoms with Gasteiger partial charge in [0.15, 0.2) is 0 Å². The Morgan fingerprint density at radius 3 is 3.00 bits per heavy atom. The molecule has 6 heteroatoms. The number of nitro benzene ring substituents is 1. The van der Waals surface area contributed by atoms with Crippen molar-refractivity contribution in [2.75, 3.05) is 0 Å². The number of non-ortho nitro benzene ring substituents is 1. The molecule has 88 valence electrons. The van der Waals surface area contributed by atoms with E-state index in [1.807, 2.05) is 6.07 Å². The number of rotatable bonds is 3. The first kappa shape index (κ1) is 12.0. The lowest BCUT2D eigenvalue weighted by atomic mass is 10.2. The highest BCUT2D eigenvalue weighted by molar-refractivity contribution is 7.14. The molecular weight excluding hydrogens is 250 g/mol. The number of benzene rings is 1. The molecule has 0 saturated carbocycles. The van der Waals surface area contributed by atoms with Crippen LogP contribution in [0.4, 0.5) is 10.7 Å². The van der Waals surface area contributed by atoms with Crippen molar-refractivity contribution in [2.24, 2.45) is 4.99 Å². The Kier molecular flexibility index (Phi) is 3.46. The van der Waals surface area contributed by atoms with Gasteiger partial charge in [-0.2, -0.15) is 5.26 Å². The molecule has 0 atom stereocenters. The minimum atomic E-state index is -0.455. The Morgan fingerprint density at radius 2 is 2.28 bits per heavy atom. The minimum Gasteiger partial charge on any atom is -0.258 e. The summed E-state index contributed by atoms with van der Waals surface area (Å²) >= 11 is 1.35. The second-order valence-corrected chi connectivity index (χ2v) is 4.26. The zero-order valence-corrected chi connectivity index (χ0v) is 9.92. The number of hydrogen-bond donors (Lipinski definition) is 0. The van der Waals surface area contributed by atoms with E-state index in [0.717, 1.165) is 0 Å². The van der Waals surface area contributed by atoms with Crippen LogP contribution in [-0.2, 0) is 0 Å². The smallest absolute Gasteiger partial charge is 0.258 e. The fourth-order valence-electron chi connectivity index (χ4n) is 1.34. The number of hydrogen-bond acceptors (Lipinski definition) is 5. The van der Waals surface area contributed by atoms with Gasteiger partial charge in [-0.05, 0) is 17.0 Å². The zero-order valence-electron chi connectivity index (χ0n) is 9.11. The molecule has 0 fully saturated rings. The molecule has 0 unspecified atom stereocenters. The van der Waals surface area contributed by atoms with E-state index < -0.39 is 4.92 Å². The van der Waals surface area contributed by atoms with E-state index in [9.17, 15) is 10.1 Å². The maximum absolute atomic E-state index is 10.6. The molecule has 5 nitrogen and oxygen atoms in total. The molecule has 0 aliphatic rings. The molecule has 18 heavy (non-hydrogen) atoms. The highest BCUT2D eigenvalue weighted by atomic mass is 32.1. The van der Waals surface area contributed by atoms with Gasteiger partial charge in [0.05, 0.1) is 10.5 Å². The van der Waals surface area contributed by atoms with Gasteiger partial charge < -0.3 is 0 Å². The molecule has 0 aliphatic heterocycles. The molecular formula is C12H7N3O2S. The molecule has 1 heterocycles. The van der Waals surface area contributed by atoms with Crippen molar-refractivity contribution in [1.29, 1.82) is 5.26 Å². The summed E-state index contributed by atoms with van der Waals surface area (Å²) in [6.45, 7) is 0. The van der Waals surface area contributed by atoms with Crippen LogP contribution in [0.25, 0.3) is 0 Å². The summed E-state index contributed by atoms with van der Waals surface area (Å²) < 4.78 is 0. The molecule has 0 saturated heterocycles. The summed E-state index contributed by atoms with van der Waals surface area (Å²) in [4.78, 5) is 14.3. The monoisotopic (exact) mass is 257 g/mol. The van der Waals surface area contributed by atoms with Crippen molar-refractivity contribution in [2.45, 2.75) is 0 Å². The predicted octanol–water partition coefficient (Wildman–Crippen LogP) is 3.28. The fraction of sp³-hybridized carbons (Fsp3) is 0. The number of nitriles is 1. The Morgan fingerprint density at radius 1 is 1.44 bits per heavy atom. The zero-order chi connectivity index (χ0) is 13.0. The Bertz CT molecular complexity index is 655. The van der Waals surface area contributed by atoms with E-state index >= 15 is 0 Å². The first-order valence-corrected chi connectivity index (χ1v) is 5.85. The summed E-state index contributed by atoms with van der Waals surface area (Å²) in [5.41, 5.74) is 1.15. The van der Waals surface area contributed by atoms with Gasteiger partial charge in [-0.25, -0.2) is 4.99 Å². The van der Waals surface area contributed by atoms with Crippen LogP contribution in [0, 0.1) is 21.4 Å². The van der Waals surface area contributed by atoms with Crippen molar-refractivity contribution in [3.05, 3.63) is 57.0 Å². The molecule has 0 N–H and O–H groups in total. The molecule has 2 rings (SSSR count). The molecule has 0 bridgehead atoms. The average Bonchev–Trinajstić information content (AvgIpc) is 2.84. The van der Waals surface area contributed by atoms with Crippen LogP contribution in [0.5, 0.6) is 0 Å². The van der Waals surface area contributed by atoms with Gasteiger partial charge in [-0.3, -0.25) is 10.1 Å². The average molecular weight is 257 g/mol. The van der Waals surface area contributed by atoms with E-state index in [-0.39, 0.29) is 5.69 Å². The minimum absolute atomic E-state index is 0.0191. The van der Waals surface area contributed by atoms with Crippen molar-refractivity contribution >= 4 is 28.2 Å². The Hall–Kier alpha value is -2.52. The second-order valence-electron chi connectivity index (χ2n) is 3.36. The summed E-state index contributed by atoms with van der Waals surface area (Å²) in [6, 6.07) is 9.88. The first-order valence-electron chi connectivity index (χ1n) is 4.97. The molecule has 0 spiro atoms. The van der Waals surface area contributed by atoms with E-state index in [2.05, 4.69) is 4.99 Å². The number of aliphatic imine (C=N–C) groups is 1. The van der Waals surface area contributed by atoms with Crippen LogP contribution in [-0.4, -0.2) is 11.1 Å². The van der Waals surface area contributed by atoms with Gasteiger partial charge in [0.1, 0.15) is 11.1 Å². The fourth-order valence-corrected chi connectivity index (χ4v) is 2.03. The number of nitro groups is 1. The Labute approximate surface area is 107 Å². The van der Waals surface area contributed by atoms with Gasteiger partial charge in [0.2, 0.25) is 0 Å². The van der Waals surface area contributed by atoms with Crippen LogP contribution in [0.3, 0.4) is 0 Å². The molecule has 0 amide bonds. The van der Waals surface area contributed by atoms with E-state index in [1.165, 1.54) is 29.7 Å². The lowest BCUT2D eigenvalue weighted by Gasteiger charge is -1.93. The van der Waals surface area contributed by atoms with Crippen LogP contribution in [0.2, 0.25) is 0 Å². The van der Waals surface area contributed by atoms with Crippen molar-refractivity contribution in [1.82, 2.24) is 0 Å². The van der Waals surface area contributed by atoms with Crippen molar-refractivity contribution in [3.8, 4) is 6.07 Å². The molecule has 0 radical (unpaired) electrons. The second kappa shape index (κ2) is 5.21. The van der Waals surface area contributed by atoms with Crippen LogP contribution < -0.4 is 0 Å². The third-order valence-corrected chi connectivity index (χ3v) is 3.00. The van der Waals surface area contributed by atoms with Crippen molar-refractivity contribution < 1.29 is 4.92 Å². The third-order valence-electron chi connectivity index (χ3n) is 2.18. The SMILES string of the molecule is N#Cc1ccsc1/N=C/c1cccc([N+](=O)[O-])c1. The first-order chi connectivity index (χ1) is 8.70. The lowest BCUT2D eigenvalue weighted by Crippen LogP contribution is -1.89. The predicted molar refractivity (Wildman–Crippen MR) is 69.4 cm³/mol. The molecule has 1 aromatic carbocycles. The van der Waals surface area contributed by atoms with Crippen LogP contribution in [0.1, 0.15) is 11.1 Å². The summed E-state index contributed by atoms with van der Waals surface area (Å²) in [5, 5.41) is 21.8. The third kappa shape index (κ3) is 2.59. The van der Waals surface area contributed by atoms with Gasteiger partial charge >= 0.3 is 0 Å². The van der Waals surface area contributed by atoms with Gasteiger partial charge in [0.25, 0.3) is 5.69 Å². The highest BCUT2D eigenvalue weighted by Gasteiger charge is 2.04. The van der Waals surface area contributed by atoms with Gasteiger partial charge in [0, 0.05) is 18.3 Å². The van der Waals surface area contributed by atoms with Crippen molar-refractivity contribution in [3.63, 3.8) is 0 Å². The number of nitrogens with zero attached hydrogens (tertiary/aromatic N) is 3. The molecule has 1 aromatic heterocycles. The maximum atomic E-state index is 10.6. The van der Waals surface area contributed by atoms with Gasteiger partial charge in [-0.15, -0.1) is 11.3 Å². The summed E-state index contributed by atoms with van der Waals surface area (Å²) in [5.74, 6) is 0. The molecule has 0 aliphatic carbocycles. The highest BCUT2D eigenvalue weighted by Crippen LogP contribution is 2.25. The van der Waals surface area contributed by atoms with Crippen LogP contribution in [0.15, 0.2) is 40.7 Å². The standard InChI is InChI=1S/C12H7N3O2S/c13-7-10-4-5-18-12(10)14-8-9-2-1-3-11(6-9)15(16)17/h1-6,8H/b14-8+. The quantitative estimate of drug-likeness (QED) is 0.480. The maximum Gasteiger partial charge on any atom is 0.270 e. The van der Waals surface area contributed by atoms with E-state index in [0.29, 0.717) is 16.1 Å². The summed E-state index contributed by atoms with van der Waals surface area (Å²) in [7, 11) is 0. The Balaban J connectivity index is 2.27. The van der Waals surface area contributed by atoms with Gasteiger partial charge in [-0.1, -0.05) is 12.1 Å². The number of thiophene rings is 1. The molecule has 2 aromatic rings. The van der Waals surface area contributed by atoms with E-state index in [4.69, 9.17) is 5.26 Å². The normalized spacial score (nSPS) is 10.4. The topological polar surface area (TPSA) is 79.3 Å². The lowest BCUT2D eigenvalue weighted by molar-refractivity contribution is -0.384. The van der Waals surface area contributed by atoms with Crippen LogP contribution >= 0.6 is 11.3 Å². The largest absolute Gasteiger partial charge is 0.270 e. The summed E-state index contributed by atoms with van der Waals surface area (Å²) in [6.07, 6.45) is 1.51.